The summed E-state index contributed by atoms with van der Waals surface area (Å²) >= 11 is 0. The maximum Gasteiger partial charge on any atom is 0.274 e. The van der Waals surface area contributed by atoms with Crippen LogP contribution in [0.15, 0.2) is 48.9 Å². The van der Waals surface area contributed by atoms with Gasteiger partial charge in [-0.25, -0.2) is 14.4 Å². The van der Waals surface area contributed by atoms with E-state index in [9.17, 15) is 14.0 Å². The van der Waals surface area contributed by atoms with Crippen LogP contribution in [0.25, 0.3) is 5.78 Å². The first-order valence-electron chi connectivity index (χ1n) is 9.13. The van der Waals surface area contributed by atoms with Crippen molar-refractivity contribution in [1.29, 1.82) is 0 Å². The smallest absolute Gasteiger partial charge is 0.274 e. The van der Waals surface area contributed by atoms with Crippen LogP contribution in [0.5, 0.6) is 0 Å². The minimum atomic E-state index is -0.277. The number of hydrogen-bond donors (Lipinski definition) is 1. The average Bonchev–Trinajstić information content (AvgIpc) is 3.06. The number of carbonyl (C=O) groups excluding carboxylic acids is 2. The van der Waals surface area contributed by atoms with Gasteiger partial charge in [-0.05, 0) is 37.1 Å². The van der Waals surface area contributed by atoms with Gasteiger partial charge in [-0.3, -0.25) is 14.0 Å². The number of carbonyl (C=O) groups is 2. The van der Waals surface area contributed by atoms with Gasteiger partial charge >= 0.3 is 0 Å². The van der Waals surface area contributed by atoms with Crippen molar-refractivity contribution < 1.29 is 14.0 Å². The van der Waals surface area contributed by atoms with Crippen LogP contribution >= 0.6 is 0 Å². The van der Waals surface area contributed by atoms with E-state index in [4.69, 9.17) is 0 Å². The lowest BCUT2D eigenvalue weighted by Gasteiger charge is -2.38. The van der Waals surface area contributed by atoms with Crippen molar-refractivity contribution in [2.24, 2.45) is 5.92 Å². The van der Waals surface area contributed by atoms with Crippen molar-refractivity contribution in [2.75, 3.05) is 13.1 Å². The molecular weight excluding hydrogens is 361 g/mol. The minimum Gasteiger partial charge on any atom is -0.353 e. The van der Waals surface area contributed by atoms with Crippen LogP contribution < -0.4 is 5.32 Å². The quantitative estimate of drug-likeness (QED) is 0.729. The number of rotatable bonds is 5. The molecule has 2 aromatic heterocycles. The van der Waals surface area contributed by atoms with Gasteiger partial charge in [0.15, 0.2) is 0 Å². The Labute approximate surface area is 161 Å². The lowest BCUT2D eigenvalue weighted by Crippen LogP contribution is -2.56. The summed E-state index contributed by atoms with van der Waals surface area (Å²) < 4.78 is 14.7. The second-order valence-corrected chi connectivity index (χ2v) is 7.10. The van der Waals surface area contributed by atoms with Crippen molar-refractivity contribution in [3.05, 3.63) is 66.0 Å². The van der Waals surface area contributed by atoms with Crippen molar-refractivity contribution in [3.8, 4) is 0 Å². The largest absolute Gasteiger partial charge is 0.353 e. The van der Waals surface area contributed by atoms with Gasteiger partial charge < -0.3 is 10.2 Å². The Bertz CT molecular complexity index is 978. The van der Waals surface area contributed by atoms with Crippen LogP contribution in [0.4, 0.5) is 4.39 Å². The van der Waals surface area contributed by atoms with Crippen LogP contribution in [0, 0.1) is 11.7 Å². The summed E-state index contributed by atoms with van der Waals surface area (Å²) in [7, 11) is 0. The van der Waals surface area contributed by atoms with Gasteiger partial charge in [0, 0.05) is 37.7 Å². The highest BCUT2D eigenvalue weighted by Gasteiger charge is 2.37. The van der Waals surface area contributed by atoms with E-state index in [0.717, 1.165) is 5.56 Å². The monoisotopic (exact) mass is 381 g/mol. The molecule has 7 nitrogen and oxygen atoms in total. The van der Waals surface area contributed by atoms with Gasteiger partial charge in [0.2, 0.25) is 11.7 Å². The summed E-state index contributed by atoms with van der Waals surface area (Å²) in [6, 6.07) is 7.94. The van der Waals surface area contributed by atoms with Crippen LogP contribution in [0.1, 0.15) is 23.0 Å². The fourth-order valence-electron chi connectivity index (χ4n) is 3.29. The number of nitrogens with zero attached hydrogens (tertiary/aromatic N) is 4. The first-order chi connectivity index (χ1) is 13.5. The predicted octanol–water partition coefficient (Wildman–Crippen LogP) is 1.69. The SMILES string of the molecule is CC(Cc1ccc(F)cc1)NC(=O)C1CN(C(=O)c2cn3cccnc3n2)C1. The van der Waals surface area contributed by atoms with Crippen molar-refractivity contribution >= 4 is 17.6 Å². The molecule has 2 amide bonds. The summed E-state index contributed by atoms with van der Waals surface area (Å²) in [4.78, 5) is 34.8. The highest BCUT2D eigenvalue weighted by atomic mass is 19.1. The first kappa shape index (κ1) is 18.1. The number of aromatic nitrogens is 3. The van der Waals surface area contributed by atoms with E-state index in [-0.39, 0.29) is 29.6 Å². The van der Waals surface area contributed by atoms with Gasteiger partial charge in [0.1, 0.15) is 11.5 Å². The molecule has 144 valence electrons. The molecule has 8 heteroatoms. The normalized spacial score (nSPS) is 15.3. The zero-order valence-electron chi connectivity index (χ0n) is 15.4. The molecule has 1 fully saturated rings. The van der Waals surface area contributed by atoms with Crippen LogP contribution in [-0.2, 0) is 11.2 Å². The van der Waals surface area contributed by atoms with E-state index < -0.39 is 0 Å². The molecule has 28 heavy (non-hydrogen) atoms. The van der Waals surface area contributed by atoms with E-state index >= 15 is 0 Å². The van der Waals surface area contributed by atoms with Crippen LogP contribution in [-0.4, -0.2) is 50.2 Å². The first-order valence-corrected chi connectivity index (χ1v) is 9.13. The minimum absolute atomic E-state index is 0.0738. The molecule has 1 aliphatic heterocycles. The zero-order valence-corrected chi connectivity index (χ0v) is 15.4. The fourth-order valence-corrected chi connectivity index (χ4v) is 3.29. The summed E-state index contributed by atoms with van der Waals surface area (Å²) in [5, 5.41) is 2.97. The molecular formula is C20H20FN5O2. The molecule has 0 radical (unpaired) electrons. The average molecular weight is 381 g/mol. The lowest BCUT2D eigenvalue weighted by atomic mass is 9.97. The van der Waals surface area contributed by atoms with Gasteiger partial charge in [-0.15, -0.1) is 0 Å². The Balaban J connectivity index is 1.28. The zero-order chi connectivity index (χ0) is 19.7. The van der Waals surface area contributed by atoms with E-state index in [2.05, 4.69) is 15.3 Å². The molecule has 0 spiro atoms. The number of fused-ring (bicyclic) bond motifs is 1. The van der Waals surface area contributed by atoms with E-state index in [1.165, 1.54) is 12.1 Å². The highest BCUT2D eigenvalue weighted by Crippen LogP contribution is 2.19. The van der Waals surface area contributed by atoms with Crippen molar-refractivity contribution in [3.63, 3.8) is 0 Å². The number of halogens is 1. The Morgan fingerprint density at radius 3 is 2.75 bits per heavy atom. The molecule has 0 aliphatic carbocycles. The number of amides is 2. The number of imidazole rings is 1. The Morgan fingerprint density at radius 2 is 2.04 bits per heavy atom. The molecule has 4 rings (SSSR count). The second-order valence-electron chi connectivity index (χ2n) is 7.10. The number of nitrogens with one attached hydrogen (secondary N) is 1. The van der Waals surface area contributed by atoms with Gasteiger partial charge in [0.05, 0.1) is 5.92 Å². The van der Waals surface area contributed by atoms with Gasteiger partial charge in [0.25, 0.3) is 5.91 Å². The predicted molar refractivity (Wildman–Crippen MR) is 100 cm³/mol. The third kappa shape index (κ3) is 3.71. The molecule has 0 saturated carbocycles. The van der Waals surface area contributed by atoms with Crippen LogP contribution in [0.3, 0.4) is 0 Å². The number of benzene rings is 1. The van der Waals surface area contributed by atoms with Gasteiger partial charge in [-0.2, -0.15) is 0 Å². The number of likely N-dealkylation sites (tertiary alicyclic amines) is 1. The highest BCUT2D eigenvalue weighted by molar-refractivity contribution is 5.94. The number of hydrogen-bond acceptors (Lipinski definition) is 4. The van der Waals surface area contributed by atoms with E-state index in [0.29, 0.717) is 31.0 Å². The van der Waals surface area contributed by atoms with Crippen LogP contribution in [0.2, 0.25) is 0 Å². The topological polar surface area (TPSA) is 79.6 Å². The van der Waals surface area contributed by atoms with E-state index in [1.54, 1.807) is 46.1 Å². The second kappa shape index (κ2) is 7.38. The Kier molecular flexibility index (Phi) is 4.77. The fraction of sp³-hybridized carbons (Fsp3) is 0.300. The Hall–Kier alpha value is -3.29. The molecule has 0 bridgehead atoms. The summed E-state index contributed by atoms with van der Waals surface area (Å²) in [5.41, 5.74) is 1.28. The lowest BCUT2D eigenvalue weighted by molar-refractivity contribution is -0.129. The molecule has 3 heterocycles. The third-order valence-electron chi connectivity index (χ3n) is 4.84. The molecule has 1 saturated heterocycles. The third-order valence-corrected chi connectivity index (χ3v) is 4.84. The van der Waals surface area contributed by atoms with Crippen molar-refractivity contribution in [1.82, 2.24) is 24.6 Å². The van der Waals surface area contributed by atoms with E-state index in [1.807, 2.05) is 6.92 Å². The Morgan fingerprint density at radius 1 is 1.29 bits per heavy atom. The maximum atomic E-state index is 13.0. The van der Waals surface area contributed by atoms with Crippen molar-refractivity contribution in [2.45, 2.75) is 19.4 Å². The summed E-state index contributed by atoms with van der Waals surface area (Å²) in [5.74, 6) is -0.310. The summed E-state index contributed by atoms with van der Waals surface area (Å²) in [6.45, 7) is 2.65. The molecule has 1 aliphatic rings. The molecule has 3 aromatic rings. The summed E-state index contributed by atoms with van der Waals surface area (Å²) in [6.07, 6.45) is 5.66. The molecule has 1 unspecified atom stereocenters. The maximum absolute atomic E-state index is 13.0. The standard InChI is InChI=1S/C20H20FN5O2/c1-13(9-14-3-5-16(21)6-4-14)23-18(27)15-10-26(11-15)19(28)17-12-25-8-2-7-22-20(25)24-17/h2-8,12-13,15H,9-11H2,1H3,(H,23,27). The molecule has 1 N–H and O–H groups in total. The molecule has 1 atom stereocenters. The molecule has 1 aromatic carbocycles. The van der Waals surface area contributed by atoms with Gasteiger partial charge in [-0.1, -0.05) is 12.1 Å².